The number of nitrogens with zero attached hydrogens (tertiary/aromatic N) is 1. The highest BCUT2D eigenvalue weighted by atomic mass is 32.2. The summed E-state index contributed by atoms with van der Waals surface area (Å²) >= 11 is 0. The lowest BCUT2D eigenvalue weighted by molar-refractivity contribution is 0.101. The fourth-order valence-electron chi connectivity index (χ4n) is 2.14. The van der Waals surface area contributed by atoms with Crippen molar-refractivity contribution in [1.29, 1.82) is 0 Å². The SMILES string of the molecule is CC(=O)c1cccc(S(=O)(=O)N(C)C(C)C2CC2)c1. The number of ketones is 1. The zero-order chi connectivity index (χ0) is 14.2. The van der Waals surface area contributed by atoms with Crippen LogP contribution < -0.4 is 0 Å². The first kappa shape index (κ1) is 14.2. The van der Waals surface area contributed by atoms with E-state index in [1.165, 1.54) is 23.4 Å². The summed E-state index contributed by atoms with van der Waals surface area (Å²) in [6.07, 6.45) is 2.18. The lowest BCUT2D eigenvalue weighted by atomic mass is 10.2. The van der Waals surface area contributed by atoms with Crippen LogP contribution in [0, 0.1) is 5.92 Å². The molecule has 0 amide bonds. The number of carbonyl (C=O) groups is 1. The maximum absolute atomic E-state index is 12.5. The van der Waals surface area contributed by atoms with Crippen molar-refractivity contribution in [1.82, 2.24) is 4.31 Å². The fourth-order valence-corrected chi connectivity index (χ4v) is 3.61. The summed E-state index contributed by atoms with van der Waals surface area (Å²) in [6, 6.07) is 6.24. The Morgan fingerprint density at radius 1 is 1.37 bits per heavy atom. The molecule has 1 aromatic carbocycles. The Hall–Kier alpha value is -1.20. The lowest BCUT2D eigenvalue weighted by Crippen LogP contribution is -2.36. The Labute approximate surface area is 114 Å². The molecule has 0 heterocycles. The van der Waals surface area contributed by atoms with Crippen LogP contribution in [0.3, 0.4) is 0 Å². The van der Waals surface area contributed by atoms with E-state index in [-0.39, 0.29) is 16.7 Å². The van der Waals surface area contributed by atoms with Gasteiger partial charge in [-0.05, 0) is 44.7 Å². The van der Waals surface area contributed by atoms with Crippen LogP contribution in [0.25, 0.3) is 0 Å². The quantitative estimate of drug-likeness (QED) is 0.778. The minimum absolute atomic E-state index is 0.00554. The molecule has 0 aromatic heterocycles. The van der Waals surface area contributed by atoms with Gasteiger partial charge in [-0.25, -0.2) is 8.42 Å². The topological polar surface area (TPSA) is 54.5 Å². The molecule has 1 unspecified atom stereocenters. The molecule has 0 radical (unpaired) electrons. The summed E-state index contributed by atoms with van der Waals surface area (Å²) in [7, 11) is -1.91. The van der Waals surface area contributed by atoms with E-state index in [1.807, 2.05) is 6.92 Å². The molecule has 0 bridgehead atoms. The van der Waals surface area contributed by atoms with E-state index >= 15 is 0 Å². The third-order valence-electron chi connectivity index (χ3n) is 3.80. The molecular formula is C14H19NO3S. The third kappa shape index (κ3) is 2.87. The molecule has 5 heteroatoms. The van der Waals surface area contributed by atoms with Crippen LogP contribution in [-0.4, -0.2) is 31.6 Å². The van der Waals surface area contributed by atoms with Gasteiger partial charge < -0.3 is 0 Å². The molecule has 1 fully saturated rings. The van der Waals surface area contributed by atoms with E-state index in [4.69, 9.17) is 0 Å². The third-order valence-corrected chi connectivity index (χ3v) is 5.74. The van der Waals surface area contributed by atoms with E-state index in [0.29, 0.717) is 11.5 Å². The Balaban J connectivity index is 2.33. The molecule has 0 saturated heterocycles. The van der Waals surface area contributed by atoms with Crippen molar-refractivity contribution < 1.29 is 13.2 Å². The first-order valence-corrected chi connectivity index (χ1v) is 7.87. The van der Waals surface area contributed by atoms with Gasteiger partial charge in [-0.3, -0.25) is 4.79 Å². The number of Topliss-reactive ketones (excluding diaryl/α,β-unsaturated/α-hetero) is 1. The molecule has 1 saturated carbocycles. The average molecular weight is 281 g/mol. The van der Waals surface area contributed by atoms with Gasteiger partial charge in [0, 0.05) is 18.7 Å². The second-order valence-electron chi connectivity index (χ2n) is 5.18. The number of carbonyl (C=O) groups excluding carboxylic acids is 1. The highest BCUT2D eigenvalue weighted by Crippen LogP contribution is 2.36. The number of rotatable bonds is 5. The highest BCUT2D eigenvalue weighted by Gasteiger charge is 2.36. The van der Waals surface area contributed by atoms with E-state index in [1.54, 1.807) is 19.2 Å². The molecular weight excluding hydrogens is 262 g/mol. The van der Waals surface area contributed by atoms with Gasteiger partial charge in [-0.2, -0.15) is 4.31 Å². The van der Waals surface area contributed by atoms with E-state index < -0.39 is 10.0 Å². The lowest BCUT2D eigenvalue weighted by Gasteiger charge is -2.24. The summed E-state index contributed by atoms with van der Waals surface area (Å²) in [5.74, 6) is 0.339. The smallest absolute Gasteiger partial charge is 0.243 e. The van der Waals surface area contributed by atoms with Crippen LogP contribution in [0.2, 0.25) is 0 Å². The summed E-state index contributed by atoms with van der Waals surface area (Å²) in [5, 5.41) is 0. The summed E-state index contributed by atoms with van der Waals surface area (Å²) in [5.41, 5.74) is 0.425. The summed E-state index contributed by atoms with van der Waals surface area (Å²) in [6.45, 7) is 3.37. The van der Waals surface area contributed by atoms with Crippen molar-refractivity contribution in [3.05, 3.63) is 29.8 Å². The Morgan fingerprint density at radius 2 is 2.00 bits per heavy atom. The van der Waals surface area contributed by atoms with Crippen LogP contribution in [0.5, 0.6) is 0 Å². The van der Waals surface area contributed by atoms with Crippen LogP contribution >= 0.6 is 0 Å². The summed E-state index contributed by atoms with van der Waals surface area (Å²) in [4.78, 5) is 11.5. The number of sulfonamides is 1. The molecule has 1 aromatic rings. The predicted molar refractivity (Wildman–Crippen MR) is 73.6 cm³/mol. The average Bonchev–Trinajstić information content (AvgIpc) is 3.21. The molecule has 1 atom stereocenters. The first-order chi connectivity index (χ1) is 8.84. The van der Waals surface area contributed by atoms with Gasteiger partial charge in [-0.15, -0.1) is 0 Å². The Morgan fingerprint density at radius 3 is 2.53 bits per heavy atom. The van der Waals surface area contributed by atoms with Crippen LogP contribution in [-0.2, 0) is 10.0 Å². The molecule has 19 heavy (non-hydrogen) atoms. The van der Waals surface area contributed by atoms with Crippen molar-refractivity contribution >= 4 is 15.8 Å². The summed E-state index contributed by atoms with van der Waals surface area (Å²) < 4.78 is 26.4. The maximum atomic E-state index is 12.5. The Bertz CT molecular complexity index is 590. The van der Waals surface area contributed by atoms with Crippen molar-refractivity contribution in [2.24, 2.45) is 5.92 Å². The molecule has 1 aliphatic carbocycles. The van der Waals surface area contributed by atoms with E-state index in [2.05, 4.69) is 0 Å². The second kappa shape index (κ2) is 5.06. The Kier molecular flexibility index (Phi) is 3.78. The number of hydrogen-bond donors (Lipinski definition) is 0. The van der Waals surface area contributed by atoms with Gasteiger partial charge in [0.15, 0.2) is 5.78 Å². The van der Waals surface area contributed by atoms with Crippen molar-refractivity contribution in [2.75, 3.05) is 7.05 Å². The van der Waals surface area contributed by atoms with Gasteiger partial charge in [0.05, 0.1) is 4.90 Å². The monoisotopic (exact) mass is 281 g/mol. The van der Waals surface area contributed by atoms with Gasteiger partial charge >= 0.3 is 0 Å². The zero-order valence-electron chi connectivity index (χ0n) is 11.5. The van der Waals surface area contributed by atoms with Crippen molar-refractivity contribution in [2.45, 2.75) is 37.6 Å². The molecule has 0 N–H and O–H groups in total. The van der Waals surface area contributed by atoms with Gasteiger partial charge in [0.1, 0.15) is 0 Å². The van der Waals surface area contributed by atoms with Crippen molar-refractivity contribution in [3.8, 4) is 0 Å². The highest BCUT2D eigenvalue weighted by molar-refractivity contribution is 7.89. The number of benzene rings is 1. The maximum Gasteiger partial charge on any atom is 0.243 e. The second-order valence-corrected chi connectivity index (χ2v) is 7.18. The largest absolute Gasteiger partial charge is 0.295 e. The first-order valence-electron chi connectivity index (χ1n) is 6.43. The minimum Gasteiger partial charge on any atom is -0.295 e. The number of hydrogen-bond acceptors (Lipinski definition) is 3. The van der Waals surface area contributed by atoms with E-state index in [9.17, 15) is 13.2 Å². The van der Waals surface area contributed by atoms with Crippen LogP contribution in [0.1, 0.15) is 37.0 Å². The zero-order valence-corrected chi connectivity index (χ0v) is 12.3. The van der Waals surface area contributed by atoms with Crippen LogP contribution in [0.15, 0.2) is 29.2 Å². The normalized spacial score (nSPS) is 17.5. The minimum atomic E-state index is -3.52. The van der Waals surface area contributed by atoms with Gasteiger partial charge in [-0.1, -0.05) is 12.1 Å². The molecule has 4 nitrogen and oxygen atoms in total. The predicted octanol–water partition coefficient (Wildman–Crippen LogP) is 2.31. The molecule has 0 spiro atoms. The molecule has 2 rings (SSSR count). The van der Waals surface area contributed by atoms with Gasteiger partial charge in [0.2, 0.25) is 10.0 Å². The fraction of sp³-hybridized carbons (Fsp3) is 0.500. The standard InChI is InChI=1S/C14H19NO3S/c1-10(12-7-8-12)15(3)19(17,18)14-6-4-5-13(9-14)11(2)16/h4-6,9-10,12H,7-8H2,1-3H3. The molecule has 0 aliphatic heterocycles. The van der Waals surface area contributed by atoms with E-state index in [0.717, 1.165) is 12.8 Å². The van der Waals surface area contributed by atoms with Gasteiger partial charge in [0.25, 0.3) is 0 Å². The van der Waals surface area contributed by atoms with Crippen LogP contribution in [0.4, 0.5) is 0 Å². The molecule has 104 valence electrons. The molecule has 1 aliphatic rings. The van der Waals surface area contributed by atoms with Crippen molar-refractivity contribution in [3.63, 3.8) is 0 Å².